The highest BCUT2D eigenvalue weighted by Crippen LogP contribution is 2.25. The lowest BCUT2D eigenvalue weighted by molar-refractivity contribution is -0.119. The molecule has 0 radical (unpaired) electrons. The molecule has 1 aromatic carbocycles. The largest absolute Gasteiger partial charge is 0.492 e. The zero-order chi connectivity index (χ0) is 15.1. The summed E-state index contributed by atoms with van der Waals surface area (Å²) >= 11 is 0. The number of piperidine rings is 1. The van der Waals surface area contributed by atoms with E-state index in [0.29, 0.717) is 24.9 Å². The molecular formula is C17H26N2O2. The molecule has 2 rings (SSSR count). The summed E-state index contributed by atoms with van der Waals surface area (Å²) in [5.74, 6) is 1.72. The first-order chi connectivity index (χ1) is 10.2. The third-order valence-corrected chi connectivity index (χ3v) is 3.94. The molecule has 1 N–H and O–H groups in total. The highest BCUT2D eigenvalue weighted by molar-refractivity contribution is 5.85. The molecule has 1 unspecified atom stereocenters. The molecule has 1 atom stereocenters. The number of carbonyl (C=O) groups excluding carboxylic acids is 1. The number of ketones is 1. The van der Waals surface area contributed by atoms with Gasteiger partial charge < -0.3 is 15.0 Å². The minimum Gasteiger partial charge on any atom is -0.492 e. The zero-order valence-electron chi connectivity index (χ0n) is 13.1. The molecule has 0 bridgehead atoms. The van der Waals surface area contributed by atoms with Crippen LogP contribution in [0.4, 0.5) is 5.69 Å². The molecule has 1 aliphatic rings. The molecule has 0 spiro atoms. The number of anilines is 1. The molecule has 1 heterocycles. The van der Waals surface area contributed by atoms with E-state index in [-0.39, 0.29) is 0 Å². The molecule has 0 saturated carbocycles. The Morgan fingerprint density at radius 2 is 2.05 bits per heavy atom. The monoisotopic (exact) mass is 290 g/mol. The summed E-state index contributed by atoms with van der Waals surface area (Å²) in [6, 6.07) is 8.07. The second kappa shape index (κ2) is 8.03. The van der Waals surface area contributed by atoms with Crippen LogP contribution >= 0.6 is 0 Å². The second-order valence-electron chi connectivity index (χ2n) is 5.59. The van der Waals surface area contributed by atoms with Gasteiger partial charge in [-0.05, 0) is 36.7 Å². The van der Waals surface area contributed by atoms with Crippen LogP contribution in [0, 0.1) is 5.92 Å². The summed E-state index contributed by atoms with van der Waals surface area (Å²) in [7, 11) is 0. The Hall–Kier alpha value is -1.55. The van der Waals surface area contributed by atoms with Crippen LogP contribution in [0.1, 0.15) is 26.7 Å². The molecule has 0 amide bonds. The number of hydrogen-bond acceptors (Lipinski definition) is 4. The van der Waals surface area contributed by atoms with Crippen LogP contribution in [0.2, 0.25) is 0 Å². The number of carbonyl (C=O) groups is 1. The van der Waals surface area contributed by atoms with Gasteiger partial charge in [-0.15, -0.1) is 0 Å². The number of nitrogens with one attached hydrogen (secondary N) is 1. The van der Waals surface area contributed by atoms with Crippen LogP contribution in [0.15, 0.2) is 24.3 Å². The number of Topliss-reactive ketones (excluding diaryl/α,β-unsaturated/α-hetero) is 1. The van der Waals surface area contributed by atoms with E-state index in [1.807, 2.05) is 24.3 Å². The molecule has 1 aliphatic heterocycles. The summed E-state index contributed by atoms with van der Waals surface area (Å²) in [6.07, 6.45) is 1.80. The van der Waals surface area contributed by atoms with E-state index in [2.05, 4.69) is 24.1 Å². The van der Waals surface area contributed by atoms with Gasteiger partial charge in [0.25, 0.3) is 0 Å². The van der Waals surface area contributed by atoms with Crippen molar-refractivity contribution in [2.24, 2.45) is 5.92 Å². The third-order valence-electron chi connectivity index (χ3n) is 3.94. The van der Waals surface area contributed by atoms with Gasteiger partial charge in [-0.25, -0.2) is 0 Å². The van der Waals surface area contributed by atoms with Gasteiger partial charge in [-0.3, -0.25) is 4.79 Å². The molecule has 116 valence electrons. The van der Waals surface area contributed by atoms with E-state index in [1.54, 1.807) is 0 Å². The molecule has 1 saturated heterocycles. The van der Waals surface area contributed by atoms with E-state index >= 15 is 0 Å². The van der Waals surface area contributed by atoms with Crippen LogP contribution in [0.5, 0.6) is 5.75 Å². The summed E-state index contributed by atoms with van der Waals surface area (Å²) in [5.41, 5.74) is 1.11. The van der Waals surface area contributed by atoms with Crippen molar-refractivity contribution in [1.82, 2.24) is 5.32 Å². The lowest BCUT2D eigenvalue weighted by atomic mass is 9.94. The Labute approximate surface area is 127 Å². The van der Waals surface area contributed by atoms with Crippen molar-refractivity contribution < 1.29 is 9.53 Å². The maximum absolute atomic E-state index is 11.8. The summed E-state index contributed by atoms with van der Waals surface area (Å²) in [4.78, 5) is 14.0. The van der Waals surface area contributed by atoms with Gasteiger partial charge in [-0.2, -0.15) is 0 Å². The standard InChI is InChI=1S/C17H26N2O2/c1-3-14-11-16(20)13-19(12-14)15-5-7-17(8-6-15)21-10-9-18-4-2/h5-8,14,18H,3-4,9-13H2,1-2H3. The molecular weight excluding hydrogens is 264 g/mol. The van der Waals surface area contributed by atoms with Crippen molar-refractivity contribution in [3.8, 4) is 5.75 Å². The fourth-order valence-electron chi connectivity index (χ4n) is 2.68. The van der Waals surface area contributed by atoms with Gasteiger partial charge in [0.15, 0.2) is 5.78 Å². The van der Waals surface area contributed by atoms with Gasteiger partial charge in [0.2, 0.25) is 0 Å². The van der Waals surface area contributed by atoms with Crippen molar-refractivity contribution >= 4 is 11.5 Å². The highest BCUT2D eigenvalue weighted by Gasteiger charge is 2.24. The van der Waals surface area contributed by atoms with Gasteiger partial charge in [0.05, 0.1) is 6.54 Å². The topological polar surface area (TPSA) is 41.6 Å². The number of nitrogens with zero attached hydrogens (tertiary/aromatic N) is 1. The SMILES string of the molecule is CCNCCOc1ccc(N2CC(=O)CC(CC)C2)cc1. The lowest BCUT2D eigenvalue weighted by Crippen LogP contribution is -2.40. The van der Waals surface area contributed by atoms with Crippen molar-refractivity contribution in [2.75, 3.05) is 37.7 Å². The van der Waals surface area contributed by atoms with Crippen molar-refractivity contribution in [3.63, 3.8) is 0 Å². The van der Waals surface area contributed by atoms with Gasteiger partial charge in [0, 0.05) is 25.2 Å². The van der Waals surface area contributed by atoms with Gasteiger partial charge in [-0.1, -0.05) is 20.3 Å². The minimum atomic E-state index is 0.346. The summed E-state index contributed by atoms with van der Waals surface area (Å²) in [6.45, 7) is 8.25. The average molecular weight is 290 g/mol. The average Bonchev–Trinajstić information content (AvgIpc) is 2.51. The van der Waals surface area contributed by atoms with Crippen molar-refractivity contribution in [1.29, 1.82) is 0 Å². The Morgan fingerprint density at radius 3 is 2.71 bits per heavy atom. The predicted octanol–water partition coefficient (Wildman–Crippen LogP) is 2.48. The molecule has 4 nitrogen and oxygen atoms in total. The van der Waals surface area contributed by atoms with E-state index in [1.165, 1.54) is 0 Å². The number of ether oxygens (including phenoxy) is 1. The molecule has 21 heavy (non-hydrogen) atoms. The Balaban J connectivity index is 1.90. The summed E-state index contributed by atoms with van der Waals surface area (Å²) in [5, 5.41) is 3.23. The number of benzene rings is 1. The Bertz CT molecular complexity index is 445. The maximum atomic E-state index is 11.8. The van der Waals surface area contributed by atoms with E-state index in [0.717, 1.165) is 43.9 Å². The zero-order valence-corrected chi connectivity index (χ0v) is 13.1. The normalized spacial score (nSPS) is 18.9. The van der Waals surface area contributed by atoms with Gasteiger partial charge in [0.1, 0.15) is 12.4 Å². The smallest absolute Gasteiger partial charge is 0.152 e. The van der Waals surface area contributed by atoms with E-state index < -0.39 is 0 Å². The number of likely N-dealkylation sites (N-methyl/N-ethyl adjacent to an activating group) is 1. The minimum absolute atomic E-state index is 0.346. The van der Waals surface area contributed by atoms with Crippen molar-refractivity contribution in [3.05, 3.63) is 24.3 Å². The molecule has 1 fully saturated rings. The summed E-state index contributed by atoms with van der Waals surface area (Å²) < 4.78 is 5.67. The molecule has 0 aliphatic carbocycles. The first-order valence-corrected chi connectivity index (χ1v) is 7.93. The quantitative estimate of drug-likeness (QED) is 0.783. The predicted molar refractivity (Wildman–Crippen MR) is 86.1 cm³/mol. The lowest BCUT2D eigenvalue weighted by Gasteiger charge is -2.33. The fourth-order valence-corrected chi connectivity index (χ4v) is 2.68. The van der Waals surface area contributed by atoms with Crippen LogP contribution in [-0.2, 0) is 4.79 Å². The maximum Gasteiger partial charge on any atom is 0.152 e. The van der Waals surface area contributed by atoms with Crippen LogP contribution in [0.25, 0.3) is 0 Å². The number of hydrogen-bond donors (Lipinski definition) is 1. The Morgan fingerprint density at radius 1 is 1.29 bits per heavy atom. The van der Waals surface area contributed by atoms with Crippen LogP contribution < -0.4 is 15.0 Å². The number of rotatable bonds is 7. The van der Waals surface area contributed by atoms with E-state index in [4.69, 9.17) is 4.74 Å². The molecule has 4 heteroatoms. The highest BCUT2D eigenvalue weighted by atomic mass is 16.5. The fraction of sp³-hybridized carbons (Fsp3) is 0.588. The third kappa shape index (κ3) is 4.74. The molecule has 0 aromatic heterocycles. The first-order valence-electron chi connectivity index (χ1n) is 7.93. The second-order valence-corrected chi connectivity index (χ2v) is 5.59. The van der Waals surface area contributed by atoms with Crippen LogP contribution in [0.3, 0.4) is 0 Å². The molecule has 1 aromatic rings. The van der Waals surface area contributed by atoms with Crippen molar-refractivity contribution in [2.45, 2.75) is 26.7 Å². The van der Waals surface area contributed by atoms with E-state index in [9.17, 15) is 4.79 Å². The van der Waals surface area contributed by atoms with Crippen LogP contribution in [-0.4, -0.2) is 38.6 Å². The first kappa shape index (κ1) is 15.8. The van der Waals surface area contributed by atoms with Gasteiger partial charge >= 0.3 is 0 Å². The Kier molecular flexibility index (Phi) is 6.05.